The number of aromatic nitrogens is 1. The summed E-state index contributed by atoms with van der Waals surface area (Å²) in [4.78, 5) is 16.6. The number of fused-ring (bicyclic) bond motifs is 1. The Kier molecular flexibility index (Phi) is 8.53. The lowest BCUT2D eigenvalue weighted by Gasteiger charge is -2.11. The minimum absolute atomic E-state index is 0.182. The maximum absolute atomic E-state index is 12.1. The number of thioether (sulfide) groups is 1. The van der Waals surface area contributed by atoms with Crippen LogP contribution in [-0.2, 0) is 4.79 Å². The summed E-state index contributed by atoms with van der Waals surface area (Å²) in [7, 11) is 1.61. The van der Waals surface area contributed by atoms with Gasteiger partial charge in [0.1, 0.15) is 0 Å². The van der Waals surface area contributed by atoms with Gasteiger partial charge in [-0.25, -0.2) is 10.4 Å². The number of methoxy groups -OCH3 is 1. The lowest BCUT2D eigenvalue weighted by atomic mass is 10.2. The van der Waals surface area contributed by atoms with Gasteiger partial charge in [0, 0.05) is 0 Å². The molecule has 1 heterocycles. The largest absolute Gasteiger partial charge is 0.493 e. The summed E-state index contributed by atoms with van der Waals surface area (Å²) in [6.07, 6.45) is 4.90. The van der Waals surface area contributed by atoms with Crippen LogP contribution in [0.4, 0.5) is 0 Å². The van der Waals surface area contributed by atoms with Crippen molar-refractivity contribution in [1.82, 2.24) is 10.4 Å². The minimum atomic E-state index is -0.182. The Labute approximate surface area is 184 Å². The monoisotopic (exact) mass is 443 g/mol. The van der Waals surface area contributed by atoms with Crippen LogP contribution in [0.5, 0.6) is 11.5 Å². The first-order valence-corrected chi connectivity index (χ1v) is 11.6. The third-order valence-electron chi connectivity index (χ3n) is 4.20. The Morgan fingerprint density at radius 1 is 1.23 bits per heavy atom. The fraction of sp³-hybridized carbons (Fsp3) is 0.318. The molecule has 3 rings (SSSR count). The molecule has 0 saturated heterocycles. The van der Waals surface area contributed by atoms with Crippen molar-refractivity contribution in [3.63, 3.8) is 0 Å². The average molecular weight is 444 g/mol. The summed E-state index contributed by atoms with van der Waals surface area (Å²) in [5.74, 6) is 1.43. The van der Waals surface area contributed by atoms with Gasteiger partial charge in [-0.1, -0.05) is 43.7 Å². The van der Waals surface area contributed by atoms with E-state index in [0.717, 1.165) is 39.4 Å². The molecule has 2 aromatic carbocycles. The molecule has 0 spiro atoms. The number of hydrazone groups is 1. The number of hydrogen-bond donors (Lipinski definition) is 1. The highest BCUT2D eigenvalue weighted by Crippen LogP contribution is 2.29. The van der Waals surface area contributed by atoms with Crippen LogP contribution in [0.25, 0.3) is 10.2 Å². The van der Waals surface area contributed by atoms with Crippen LogP contribution < -0.4 is 14.9 Å². The number of benzene rings is 2. The Hall–Kier alpha value is -2.58. The maximum atomic E-state index is 12.1. The fourth-order valence-electron chi connectivity index (χ4n) is 2.67. The summed E-state index contributed by atoms with van der Waals surface area (Å²) in [6.45, 7) is 2.83. The van der Waals surface area contributed by atoms with Crippen LogP contribution in [0, 0.1) is 0 Å². The number of unbranched alkanes of at least 4 members (excludes halogenated alkanes) is 2. The van der Waals surface area contributed by atoms with E-state index < -0.39 is 0 Å². The van der Waals surface area contributed by atoms with Crippen molar-refractivity contribution < 1.29 is 14.3 Å². The first-order valence-electron chi connectivity index (χ1n) is 9.80. The molecule has 0 bridgehead atoms. The van der Waals surface area contributed by atoms with Gasteiger partial charge in [-0.2, -0.15) is 5.10 Å². The number of hydrogen-bond acceptors (Lipinski definition) is 7. The molecule has 0 unspecified atom stereocenters. The van der Waals surface area contributed by atoms with E-state index >= 15 is 0 Å². The molecule has 0 fully saturated rings. The van der Waals surface area contributed by atoms with Crippen molar-refractivity contribution in [2.45, 2.75) is 30.5 Å². The molecular formula is C22H25N3O3S2. The number of nitrogens with zero attached hydrogens (tertiary/aromatic N) is 2. The number of carbonyl (C=O) groups is 1. The van der Waals surface area contributed by atoms with Crippen LogP contribution in [0.2, 0.25) is 0 Å². The Morgan fingerprint density at radius 2 is 2.10 bits per heavy atom. The molecule has 1 N–H and O–H groups in total. The predicted octanol–water partition coefficient (Wildman–Crippen LogP) is 5.12. The quantitative estimate of drug-likeness (QED) is 0.193. The minimum Gasteiger partial charge on any atom is -0.493 e. The maximum Gasteiger partial charge on any atom is 0.250 e. The number of nitrogens with one attached hydrogen (secondary N) is 1. The molecule has 1 amide bonds. The molecule has 0 saturated carbocycles. The first-order chi connectivity index (χ1) is 14.7. The molecule has 3 aromatic rings. The van der Waals surface area contributed by atoms with Crippen LogP contribution in [0.3, 0.4) is 0 Å². The first kappa shape index (κ1) is 22.1. The Balaban J connectivity index is 1.48. The Morgan fingerprint density at radius 3 is 2.90 bits per heavy atom. The molecule has 0 radical (unpaired) electrons. The highest BCUT2D eigenvalue weighted by atomic mass is 32.2. The van der Waals surface area contributed by atoms with E-state index in [1.165, 1.54) is 11.8 Å². The normalized spacial score (nSPS) is 11.1. The Bertz CT molecular complexity index is 971. The second-order valence-electron chi connectivity index (χ2n) is 6.50. The van der Waals surface area contributed by atoms with Crippen molar-refractivity contribution in [1.29, 1.82) is 0 Å². The molecule has 158 valence electrons. The zero-order valence-electron chi connectivity index (χ0n) is 17.1. The van der Waals surface area contributed by atoms with Crippen LogP contribution in [-0.4, -0.2) is 36.6 Å². The lowest BCUT2D eigenvalue weighted by Crippen LogP contribution is -2.19. The molecule has 30 heavy (non-hydrogen) atoms. The van der Waals surface area contributed by atoms with Gasteiger partial charge >= 0.3 is 0 Å². The topological polar surface area (TPSA) is 72.8 Å². The van der Waals surface area contributed by atoms with Gasteiger partial charge in [-0.3, -0.25) is 4.79 Å². The molecule has 1 aromatic heterocycles. The number of amides is 1. The smallest absolute Gasteiger partial charge is 0.250 e. The van der Waals surface area contributed by atoms with E-state index in [4.69, 9.17) is 9.47 Å². The number of para-hydroxylation sites is 1. The third-order valence-corrected chi connectivity index (χ3v) is 6.38. The highest BCUT2D eigenvalue weighted by molar-refractivity contribution is 8.01. The molecule has 0 aliphatic rings. The zero-order valence-corrected chi connectivity index (χ0v) is 18.7. The molecular weight excluding hydrogens is 418 g/mol. The van der Waals surface area contributed by atoms with Crippen molar-refractivity contribution in [3.8, 4) is 11.5 Å². The van der Waals surface area contributed by atoms with Gasteiger partial charge < -0.3 is 9.47 Å². The molecule has 0 aliphatic heterocycles. The van der Waals surface area contributed by atoms with Crippen molar-refractivity contribution >= 4 is 45.4 Å². The van der Waals surface area contributed by atoms with Gasteiger partial charge in [0.25, 0.3) is 5.91 Å². The molecule has 8 heteroatoms. The number of ether oxygens (including phenoxy) is 2. The second kappa shape index (κ2) is 11.6. The summed E-state index contributed by atoms with van der Waals surface area (Å²) in [6, 6.07) is 13.5. The molecule has 0 aliphatic carbocycles. The van der Waals surface area contributed by atoms with Crippen molar-refractivity contribution in [3.05, 3.63) is 48.0 Å². The summed E-state index contributed by atoms with van der Waals surface area (Å²) in [5.41, 5.74) is 4.32. The predicted molar refractivity (Wildman–Crippen MR) is 124 cm³/mol. The molecule has 6 nitrogen and oxygen atoms in total. The van der Waals surface area contributed by atoms with E-state index in [2.05, 4.69) is 22.4 Å². The van der Waals surface area contributed by atoms with Gasteiger partial charge in [0.2, 0.25) is 0 Å². The van der Waals surface area contributed by atoms with E-state index in [9.17, 15) is 4.79 Å². The van der Waals surface area contributed by atoms with Crippen LogP contribution in [0.15, 0.2) is 51.9 Å². The van der Waals surface area contributed by atoms with Gasteiger partial charge in [-0.15, -0.1) is 11.3 Å². The lowest BCUT2D eigenvalue weighted by molar-refractivity contribution is -0.118. The number of rotatable bonds is 11. The molecule has 0 atom stereocenters. The van der Waals surface area contributed by atoms with Crippen LogP contribution >= 0.6 is 23.1 Å². The number of carbonyl (C=O) groups excluding carboxylic acids is 1. The summed E-state index contributed by atoms with van der Waals surface area (Å²) < 4.78 is 13.2. The van der Waals surface area contributed by atoms with E-state index in [0.29, 0.717) is 18.1 Å². The van der Waals surface area contributed by atoms with Crippen molar-refractivity contribution in [2.75, 3.05) is 19.5 Å². The summed E-state index contributed by atoms with van der Waals surface area (Å²) >= 11 is 2.99. The van der Waals surface area contributed by atoms with Crippen molar-refractivity contribution in [2.24, 2.45) is 5.10 Å². The van der Waals surface area contributed by atoms with E-state index in [1.54, 1.807) is 24.7 Å². The van der Waals surface area contributed by atoms with E-state index in [1.807, 2.05) is 42.5 Å². The third kappa shape index (κ3) is 6.47. The van der Waals surface area contributed by atoms with Gasteiger partial charge in [0.05, 0.1) is 35.9 Å². The zero-order chi connectivity index (χ0) is 21.2. The SMILES string of the molecule is CCCCCOc1ccc(/C=N/NC(=O)CSc2nc3ccccc3s2)cc1OC. The second-order valence-corrected chi connectivity index (χ2v) is 8.75. The number of thiazole rings is 1. The average Bonchev–Trinajstić information content (AvgIpc) is 3.19. The summed E-state index contributed by atoms with van der Waals surface area (Å²) in [5, 5.41) is 4.04. The van der Waals surface area contributed by atoms with Gasteiger partial charge in [-0.05, 0) is 42.3 Å². The fourth-order valence-corrected chi connectivity index (χ4v) is 4.53. The highest BCUT2D eigenvalue weighted by Gasteiger charge is 2.08. The van der Waals surface area contributed by atoms with Gasteiger partial charge in [0.15, 0.2) is 15.8 Å². The van der Waals surface area contributed by atoms with E-state index in [-0.39, 0.29) is 11.7 Å². The standard InChI is InChI=1S/C22H25N3O3S2/c1-3-4-7-12-28-18-11-10-16(13-19(18)27-2)14-23-25-21(26)15-29-22-24-17-8-5-6-9-20(17)30-22/h5-6,8-11,13-14H,3-4,7,12,15H2,1-2H3,(H,25,26)/b23-14+. The van der Waals surface area contributed by atoms with Crippen LogP contribution in [0.1, 0.15) is 31.7 Å².